The Balaban J connectivity index is 2.09. The maximum atomic E-state index is 12.9. The van der Waals surface area contributed by atoms with Crippen molar-refractivity contribution in [1.82, 2.24) is 4.90 Å². The van der Waals surface area contributed by atoms with Gasteiger partial charge in [0.15, 0.2) is 0 Å². The maximum Gasteiger partial charge on any atom is 0.295 e. The van der Waals surface area contributed by atoms with E-state index in [1.807, 2.05) is 18.4 Å². The van der Waals surface area contributed by atoms with E-state index in [-0.39, 0.29) is 11.3 Å². The van der Waals surface area contributed by atoms with Gasteiger partial charge < -0.3 is 14.7 Å². The molecule has 2 aromatic rings. The number of thiophene rings is 1. The van der Waals surface area contributed by atoms with Crippen molar-refractivity contribution in [2.75, 3.05) is 13.7 Å². The molecule has 1 fully saturated rings. The second-order valence-electron chi connectivity index (χ2n) is 6.90. The van der Waals surface area contributed by atoms with Crippen LogP contribution in [0.25, 0.3) is 5.76 Å². The third-order valence-corrected chi connectivity index (χ3v) is 6.13. The molecule has 0 aliphatic carbocycles. The van der Waals surface area contributed by atoms with E-state index in [0.717, 1.165) is 29.7 Å². The molecule has 28 heavy (non-hydrogen) atoms. The van der Waals surface area contributed by atoms with Crippen LogP contribution in [0.4, 0.5) is 0 Å². The highest BCUT2D eigenvalue weighted by Crippen LogP contribution is 2.42. The highest BCUT2D eigenvalue weighted by Gasteiger charge is 2.46. The summed E-state index contributed by atoms with van der Waals surface area (Å²) in [4.78, 5) is 28.2. The Bertz CT molecular complexity index is 898. The minimum Gasteiger partial charge on any atom is -0.507 e. The summed E-state index contributed by atoms with van der Waals surface area (Å²) in [6.45, 7) is 4.56. The van der Waals surface area contributed by atoms with Gasteiger partial charge in [0.1, 0.15) is 11.5 Å². The number of amides is 1. The van der Waals surface area contributed by atoms with Crippen LogP contribution in [0.2, 0.25) is 0 Å². The molecule has 5 nitrogen and oxygen atoms in total. The molecule has 0 bridgehead atoms. The summed E-state index contributed by atoms with van der Waals surface area (Å²) in [5, 5.41) is 12.9. The SMILES string of the molecule is CCCCCN1C(=O)C(=O)/C(=C(\O)c2ccc(OC)cc2)C1c1sccc1C. The molecule has 1 aromatic carbocycles. The van der Waals surface area contributed by atoms with E-state index in [0.29, 0.717) is 17.9 Å². The standard InChI is InChI=1S/C22H25NO4S/c1-4-5-6-12-23-18(21-14(2)11-13-28-21)17(20(25)22(23)26)19(24)15-7-9-16(27-3)10-8-15/h7-11,13,18,24H,4-6,12H2,1-3H3/b19-17-. The minimum absolute atomic E-state index is 0.142. The smallest absolute Gasteiger partial charge is 0.295 e. The van der Waals surface area contributed by atoms with E-state index in [2.05, 4.69) is 6.92 Å². The van der Waals surface area contributed by atoms with Crippen molar-refractivity contribution in [2.45, 2.75) is 39.2 Å². The predicted molar refractivity (Wildman–Crippen MR) is 111 cm³/mol. The number of hydrogen-bond donors (Lipinski definition) is 1. The van der Waals surface area contributed by atoms with Crippen molar-refractivity contribution >= 4 is 28.8 Å². The van der Waals surface area contributed by atoms with Crippen molar-refractivity contribution in [1.29, 1.82) is 0 Å². The number of carbonyl (C=O) groups excluding carboxylic acids is 2. The van der Waals surface area contributed by atoms with E-state index in [4.69, 9.17) is 4.74 Å². The molecule has 1 aliphatic rings. The van der Waals surface area contributed by atoms with Crippen LogP contribution in [0, 0.1) is 6.92 Å². The molecular formula is C22H25NO4S. The number of nitrogens with zero attached hydrogens (tertiary/aromatic N) is 1. The van der Waals surface area contributed by atoms with Gasteiger partial charge in [-0.2, -0.15) is 0 Å². The van der Waals surface area contributed by atoms with E-state index in [9.17, 15) is 14.7 Å². The van der Waals surface area contributed by atoms with Crippen LogP contribution in [0.5, 0.6) is 5.75 Å². The van der Waals surface area contributed by atoms with Gasteiger partial charge in [0.05, 0.1) is 18.7 Å². The first-order valence-electron chi connectivity index (χ1n) is 9.46. The fourth-order valence-corrected chi connectivity index (χ4v) is 4.53. The summed E-state index contributed by atoms with van der Waals surface area (Å²) < 4.78 is 5.15. The Morgan fingerprint density at radius 2 is 1.89 bits per heavy atom. The van der Waals surface area contributed by atoms with Crippen molar-refractivity contribution < 1.29 is 19.4 Å². The van der Waals surface area contributed by atoms with Gasteiger partial charge in [0, 0.05) is 17.0 Å². The third kappa shape index (κ3) is 3.69. The zero-order valence-corrected chi connectivity index (χ0v) is 17.2. The molecule has 1 N–H and O–H groups in total. The number of unbranched alkanes of at least 4 members (excludes halogenated alkanes) is 2. The largest absolute Gasteiger partial charge is 0.507 e. The van der Waals surface area contributed by atoms with Crippen LogP contribution in [-0.2, 0) is 9.59 Å². The van der Waals surface area contributed by atoms with E-state index in [1.165, 1.54) is 11.3 Å². The quantitative estimate of drug-likeness (QED) is 0.318. The molecule has 0 spiro atoms. The number of Topliss-reactive ketones (excluding diaryl/α,β-unsaturated/α-hetero) is 1. The van der Waals surface area contributed by atoms with Crippen LogP contribution in [0.15, 0.2) is 41.3 Å². The van der Waals surface area contributed by atoms with Gasteiger partial charge in [-0.1, -0.05) is 19.8 Å². The highest BCUT2D eigenvalue weighted by molar-refractivity contribution is 7.10. The molecule has 3 rings (SSSR count). The van der Waals surface area contributed by atoms with E-state index >= 15 is 0 Å². The molecule has 1 aliphatic heterocycles. The summed E-state index contributed by atoms with van der Waals surface area (Å²) in [6, 6.07) is 8.25. The van der Waals surface area contributed by atoms with Crippen LogP contribution in [-0.4, -0.2) is 35.4 Å². The number of hydrogen-bond acceptors (Lipinski definition) is 5. The molecule has 6 heteroatoms. The average molecular weight is 400 g/mol. The van der Waals surface area contributed by atoms with E-state index in [1.54, 1.807) is 36.3 Å². The van der Waals surface area contributed by atoms with Crippen molar-refractivity contribution in [3.05, 3.63) is 57.3 Å². The summed E-state index contributed by atoms with van der Waals surface area (Å²) in [7, 11) is 1.57. The first-order valence-corrected chi connectivity index (χ1v) is 10.3. The Kier molecular flexibility index (Phi) is 6.19. The molecular weight excluding hydrogens is 374 g/mol. The number of benzene rings is 1. The third-order valence-electron chi connectivity index (χ3n) is 5.06. The van der Waals surface area contributed by atoms with Gasteiger partial charge in [-0.15, -0.1) is 11.3 Å². The topological polar surface area (TPSA) is 66.8 Å². The van der Waals surface area contributed by atoms with Crippen LogP contribution in [0.1, 0.15) is 48.2 Å². The number of ketones is 1. The second kappa shape index (κ2) is 8.61. The monoisotopic (exact) mass is 399 g/mol. The molecule has 0 radical (unpaired) electrons. The Hall–Kier alpha value is -2.60. The Labute approximate surface area is 169 Å². The van der Waals surface area contributed by atoms with Crippen LogP contribution >= 0.6 is 11.3 Å². The molecule has 2 heterocycles. The number of carbonyl (C=O) groups is 2. The first kappa shape index (κ1) is 20.1. The zero-order chi connectivity index (χ0) is 20.3. The number of aliphatic hydroxyl groups is 1. The summed E-state index contributed by atoms with van der Waals surface area (Å²) in [5.74, 6) is -0.648. The van der Waals surface area contributed by atoms with Gasteiger partial charge in [0.2, 0.25) is 0 Å². The minimum atomic E-state index is -0.623. The lowest BCUT2D eigenvalue weighted by Crippen LogP contribution is -2.30. The fraction of sp³-hybridized carbons (Fsp3) is 0.364. The summed E-state index contributed by atoms with van der Waals surface area (Å²) >= 11 is 1.50. The van der Waals surface area contributed by atoms with Gasteiger partial charge in [0.25, 0.3) is 11.7 Å². The van der Waals surface area contributed by atoms with E-state index < -0.39 is 17.7 Å². The van der Waals surface area contributed by atoms with Crippen LogP contribution < -0.4 is 4.74 Å². The molecule has 148 valence electrons. The lowest BCUT2D eigenvalue weighted by molar-refractivity contribution is -0.139. The lowest BCUT2D eigenvalue weighted by Gasteiger charge is -2.24. The Morgan fingerprint density at radius 1 is 1.18 bits per heavy atom. The van der Waals surface area contributed by atoms with Crippen molar-refractivity contribution in [3.63, 3.8) is 0 Å². The number of likely N-dealkylation sites (tertiary alicyclic amines) is 1. The second-order valence-corrected chi connectivity index (χ2v) is 7.84. The number of methoxy groups -OCH3 is 1. The average Bonchev–Trinajstić information content (AvgIpc) is 3.23. The predicted octanol–water partition coefficient (Wildman–Crippen LogP) is 4.68. The fourth-order valence-electron chi connectivity index (χ4n) is 3.48. The molecule has 1 amide bonds. The van der Waals surface area contributed by atoms with Crippen LogP contribution in [0.3, 0.4) is 0 Å². The van der Waals surface area contributed by atoms with Gasteiger partial charge >= 0.3 is 0 Å². The Morgan fingerprint density at radius 3 is 2.46 bits per heavy atom. The molecule has 1 unspecified atom stereocenters. The summed E-state index contributed by atoms with van der Waals surface area (Å²) in [5.41, 5.74) is 1.67. The van der Waals surface area contributed by atoms with Crippen molar-refractivity contribution in [3.8, 4) is 5.75 Å². The summed E-state index contributed by atoms with van der Waals surface area (Å²) in [6.07, 6.45) is 2.84. The lowest BCUT2D eigenvalue weighted by atomic mass is 9.98. The first-order chi connectivity index (χ1) is 13.5. The van der Waals surface area contributed by atoms with Gasteiger partial charge in [-0.25, -0.2) is 0 Å². The number of aliphatic hydroxyl groups excluding tert-OH is 1. The van der Waals surface area contributed by atoms with Gasteiger partial charge in [-0.3, -0.25) is 9.59 Å². The van der Waals surface area contributed by atoms with Gasteiger partial charge in [-0.05, 0) is 54.6 Å². The number of aryl methyl sites for hydroxylation is 1. The molecule has 1 atom stereocenters. The molecule has 0 saturated carbocycles. The normalized spacial score (nSPS) is 18.7. The highest BCUT2D eigenvalue weighted by atomic mass is 32.1. The number of ether oxygens (including phenoxy) is 1. The van der Waals surface area contributed by atoms with Crippen molar-refractivity contribution in [2.24, 2.45) is 0 Å². The maximum absolute atomic E-state index is 12.9. The molecule has 1 aromatic heterocycles. The molecule has 1 saturated heterocycles. The zero-order valence-electron chi connectivity index (χ0n) is 16.4. The number of rotatable bonds is 7.